The fourth-order valence-electron chi connectivity index (χ4n) is 4.51. The fourth-order valence-corrected chi connectivity index (χ4v) is 4.70. The number of hydrogen-bond acceptors (Lipinski definition) is 5. The molecule has 2 aliphatic rings. The molecule has 2 aliphatic heterocycles. The molecule has 0 saturated carbocycles. The minimum Gasteiger partial charge on any atom is -0.491 e. The molecule has 1 spiro atoms. The van der Waals surface area contributed by atoms with Gasteiger partial charge in [0.1, 0.15) is 11.5 Å². The first-order valence-corrected chi connectivity index (χ1v) is 10.7. The van der Waals surface area contributed by atoms with E-state index in [9.17, 15) is 4.79 Å². The molecule has 4 rings (SSSR count). The number of carbonyl (C=O) groups excluding carboxylic acids is 1. The lowest BCUT2D eigenvalue weighted by atomic mass is 9.77. The molecule has 0 radical (unpaired) electrons. The maximum atomic E-state index is 12.8. The Labute approximate surface area is 176 Å². The fraction of sp³-hybridized carbons (Fsp3) is 0.545. The summed E-state index contributed by atoms with van der Waals surface area (Å²) in [5.74, 6) is 1.67. The average molecular weight is 418 g/mol. The number of benzene rings is 1. The van der Waals surface area contributed by atoms with Gasteiger partial charge in [0.05, 0.1) is 23.7 Å². The van der Waals surface area contributed by atoms with E-state index in [0.29, 0.717) is 23.8 Å². The average Bonchev–Trinajstić information content (AvgIpc) is 3.04. The normalized spacial score (nSPS) is 22.0. The van der Waals surface area contributed by atoms with E-state index in [-0.39, 0.29) is 11.4 Å². The second-order valence-corrected chi connectivity index (χ2v) is 8.55. The summed E-state index contributed by atoms with van der Waals surface area (Å²) in [6, 6.07) is 7.35. The van der Waals surface area contributed by atoms with E-state index in [1.165, 1.54) is 5.56 Å². The molecular formula is C22H28ClN3O3. The van der Waals surface area contributed by atoms with Crippen LogP contribution in [-0.4, -0.2) is 52.6 Å². The summed E-state index contributed by atoms with van der Waals surface area (Å²) in [6.45, 7) is 7.83. The molecule has 0 N–H and O–H groups in total. The summed E-state index contributed by atoms with van der Waals surface area (Å²) >= 11 is 6.11. The number of likely N-dealkylation sites (tertiary alicyclic amines) is 2. The Morgan fingerprint density at radius 1 is 1.28 bits per heavy atom. The minimum absolute atomic E-state index is 0.0909. The number of piperidine rings is 1. The third kappa shape index (κ3) is 4.14. The maximum absolute atomic E-state index is 12.8. The van der Waals surface area contributed by atoms with Crippen LogP contribution in [0.15, 0.2) is 28.8 Å². The Bertz CT molecular complexity index is 864. The standard InChI is InChI=1S/C22H28ClN3O3/c1-16-18(17(2)29-24-16)14-26-12-10-22(26)9-5-11-25(15-22)21(27)8-13-28-20-7-4-3-6-19(20)23/h3-4,6-7H,5,8-15H2,1-2H3. The van der Waals surface area contributed by atoms with Crippen molar-refractivity contribution in [2.24, 2.45) is 0 Å². The van der Waals surface area contributed by atoms with Gasteiger partial charge >= 0.3 is 0 Å². The van der Waals surface area contributed by atoms with E-state index >= 15 is 0 Å². The van der Waals surface area contributed by atoms with E-state index in [4.69, 9.17) is 20.9 Å². The first-order chi connectivity index (χ1) is 14.0. The lowest BCUT2D eigenvalue weighted by Crippen LogP contribution is -2.67. The SMILES string of the molecule is Cc1noc(C)c1CN1CCC12CCCN(C(=O)CCOc1ccccc1Cl)C2. The summed E-state index contributed by atoms with van der Waals surface area (Å²) < 4.78 is 11.0. The molecule has 2 aromatic rings. The van der Waals surface area contributed by atoms with Crippen LogP contribution in [-0.2, 0) is 11.3 Å². The van der Waals surface area contributed by atoms with Crippen molar-refractivity contribution >= 4 is 17.5 Å². The number of nitrogens with zero attached hydrogens (tertiary/aromatic N) is 3. The number of halogens is 1. The van der Waals surface area contributed by atoms with Gasteiger partial charge < -0.3 is 14.2 Å². The molecule has 1 atom stereocenters. The summed E-state index contributed by atoms with van der Waals surface area (Å²) in [4.78, 5) is 17.3. The highest BCUT2D eigenvalue weighted by atomic mass is 35.5. The van der Waals surface area contributed by atoms with Crippen LogP contribution >= 0.6 is 11.6 Å². The summed E-state index contributed by atoms with van der Waals surface area (Å²) in [6.07, 6.45) is 3.67. The first kappa shape index (κ1) is 20.2. The highest BCUT2D eigenvalue weighted by molar-refractivity contribution is 6.32. The Morgan fingerprint density at radius 3 is 2.79 bits per heavy atom. The molecule has 3 heterocycles. The molecule has 156 valence electrons. The molecule has 0 aliphatic carbocycles. The highest BCUT2D eigenvalue weighted by Gasteiger charge is 2.48. The van der Waals surface area contributed by atoms with Crippen LogP contribution in [0.25, 0.3) is 0 Å². The maximum Gasteiger partial charge on any atom is 0.226 e. The predicted octanol–water partition coefficient (Wildman–Crippen LogP) is 3.98. The van der Waals surface area contributed by atoms with Gasteiger partial charge in [-0.3, -0.25) is 9.69 Å². The van der Waals surface area contributed by atoms with Gasteiger partial charge in [-0.05, 0) is 45.2 Å². The van der Waals surface area contributed by atoms with Gasteiger partial charge in [-0.25, -0.2) is 0 Å². The quantitative estimate of drug-likeness (QED) is 0.711. The number of ether oxygens (including phenoxy) is 1. The van der Waals surface area contributed by atoms with Crippen LogP contribution in [0.1, 0.15) is 42.7 Å². The van der Waals surface area contributed by atoms with Gasteiger partial charge in [0.15, 0.2) is 0 Å². The van der Waals surface area contributed by atoms with Crippen molar-refractivity contribution in [1.29, 1.82) is 0 Å². The van der Waals surface area contributed by atoms with Crippen LogP contribution in [0.3, 0.4) is 0 Å². The van der Waals surface area contributed by atoms with E-state index in [2.05, 4.69) is 10.1 Å². The van der Waals surface area contributed by atoms with Gasteiger partial charge in [-0.1, -0.05) is 28.9 Å². The highest BCUT2D eigenvalue weighted by Crippen LogP contribution is 2.40. The number of aromatic nitrogens is 1. The minimum atomic E-state index is 0.0909. The zero-order chi connectivity index (χ0) is 20.4. The molecule has 2 saturated heterocycles. The van der Waals surface area contributed by atoms with Crippen LogP contribution in [0.5, 0.6) is 5.75 Å². The van der Waals surface area contributed by atoms with Gasteiger partial charge in [-0.15, -0.1) is 0 Å². The van der Waals surface area contributed by atoms with Crippen molar-refractivity contribution in [2.75, 3.05) is 26.2 Å². The van der Waals surface area contributed by atoms with Crippen LogP contribution in [0.2, 0.25) is 5.02 Å². The Morgan fingerprint density at radius 2 is 2.10 bits per heavy atom. The molecule has 1 unspecified atom stereocenters. The first-order valence-electron chi connectivity index (χ1n) is 10.3. The van der Waals surface area contributed by atoms with Crippen molar-refractivity contribution in [2.45, 2.75) is 51.6 Å². The van der Waals surface area contributed by atoms with E-state index < -0.39 is 0 Å². The van der Waals surface area contributed by atoms with Crippen LogP contribution < -0.4 is 4.74 Å². The van der Waals surface area contributed by atoms with Crippen molar-refractivity contribution in [3.63, 3.8) is 0 Å². The van der Waals surface area contributed by atoms with Crippen molar-refractivity contribution in [3.8, 4) is 5.75 Å². The van der Waals surface area contributed by atoms with Gasteiger partial charge in [-0.2, -0.15) is 0 Å². The second kappa shape index (κ2) is 8.36. The van der Waals surface area contributed by atoms with Crippen molar-refractivity contribution in [3.05, 3.63) is 46.3 Å². The second-order valence-electron chi connectivity index (χ2n) is 8.15. The van der Waals surface area contributed by atoms with Gasteiger partial charge in [0, 0.05) is 37.3 Å². The molecule has 1 aromatic heterocycles. The lowest BCUT2D eigenvalue weighted by Gasteiger charge is -2.57. The number of para-hydroxylation sites is 1. The monoisotopic (exact) mass is 417 g/mol. The number of carbonyl (C=O) groups is 1. The van der Waals surface area contributed by atoms with E-state index in [1.807, 2.05) is 36.9 Å². The molecule has 1 amide bonds. The smallest absolute Gasteiger partial charge is 0.226 e. The largest absolute Gasteiger partial charge is 0.491 e. The summed E-state index contributed by atoms with van der Waals surface area (Å²) in [5, 5.41) is 4.65. The Balaban J connectivity index is 1.33. The lowest BCUT2D eigenvalue weighted by molar-refractivity contribution is -0.141. The van der Waals surface area contributed by atoms with Crippen molar-refractivity contribution in [1.82, 2.24) is 15.0 Å². The molecule has 1 aromatic carbocycles. The molecule has 29 heavy (non-hydrogen) atoms. The number of amides is 1. The Kier molecular flexibility index (Phi) is 5.83. The van der Waals surface area contributed by atoms with Crippen molar-refractivity contribution < 1.29 is 14.1 Å². The molecule has 6 nitrogen and oxygen atoms in total. The van der Waals surface area contributed by atoms with Crippen LogP contribution in [0.4, 0.5) is 0 Å². The molecular weight excluding hydrogens is 390 g/mol. The van der Waals surface area contributed by atoms with Gasteiger partial charge in [0.2, 0.25) is 5.91 Å². The number of hydrogen-bond donors (Lipinski definition) is 0. The molecule has 7 heteroatoms. The zero-order valence-electron chi connectivity index (χ0n) is 17.1. The van der Waals surface area contributed by atoms with Gasteiger partial charge in [0.25, 0.3) is 0 Å². The number of rotatable bonds is 6. The van der Waals surface area contributed by atoms with E-state index in [0.717, 1.165) is 56.9 Å². The zero-order valence-corrected chi connectivity index (χ0v) is 17.9. The predicted molar refractivity (Wildman–Crippen MR) is 111 cm³/mol. The summed E-state index contributed by atoms with van der Waals surface area (Å²) in [5.41, 5.74) is 2.24. The van der Waals surface area contributed by atoms with E-state index in [1.54, 1.807) is 6.07 Å². The number of aryl methyl sites for hydroxylation is 2. The molecule has 0 bridgehead atoms. The third-order valence-electron chi connectivity index (χ3n) is 6.37. The third-order valence-corrected chi connectivity index (χ3v) is 6.68. The topological polar surface area (TPSA) is 58.8 Å². The Hall–Kier alpha value is -2.05. The molecule has 2 fully saturated rings. The summed E-state index contributed by atoms with van der Waals surface area (Å²) in [7, 11) is 0. The van der Waals surface area contributed by atoms with Crippen LogP contribution in [0, 0.1) is 13.8 Å².